The molecule has 1 heterocycles. The molecule has 1 aromatic heterocycles. The summed E-state index contributed by atoms with van der Waals surface area (Å²) in [6.45, 7) is 2.31. The number of halogens is 1. The van der Waals surface area contributed by atoms with Gasteiger partial charge >= 0.3 is 5.97 Å². The number of hydrogen-bond acceptors (Lipinski definition) is 3. The number of carboxylic acid groups (broad SMARTS) is 1. The normalized spacial score (nSPS) is 13.1. The highest BCUT2D eigenvalue weighted by atomic mass is 35.5. The summed E-state index contributed by atoms with van der Waals surface area (Å²) in [5.41, 5.74) is 0. The molecule has 0 saturated heterocycles. The maximum atomic E-state index is 11.0. The summed E-state index contributed by atoms with van der Waals surface area (Å²) in [7, 11) is 3.57. The van der Waals surface area contributed by atoms with Gasteiger partial charge in [-0.15, -0.1) is 0 Å². The second-order valence-corrected chi connectivity index (χ2v) is 4.12. The molecule has 16 heavy (non-hydrogen) atoms. The second-order valence-electron chi connectivity index (χ2n) is 3.73. The Morgan fingerprint density at radius 3 is 2.75 bits per heavy atom. The van der Waals surface area contributed by atoms with Crippen molar-refractivity contribution in [3.8, 4) is 0 Å². The van der Waals surface area contributed by atoms with Crippen LogP contribution in [0.15, 0.2) is 6.20 Å². The summed E-state index contributed by atoms with van der Waals surface area (Å²) < 4.78 is 1.74. The van der Waals surface area contributed by atoms with Gasteiger partial charge in [0.1, 0.15) is 17.0 Å². The molecule has 5 nitrogen and oxygen atoms in total. The zero-order valence-electron chi connectivity index (χ0n) is 9.64. The van der Waals surface area contributed by atoms with Crippen molar-refractivity contribution < 1.29 is 9.90 Å². The van der Waals surface area contributed by atoms with Crippen molar-refractivity contribution in [1.82, 2.24) is 14.5 Å². The fourth-order valence-electron chi connectivity index (χ4n) is 1.58. The molecule has 0 radical (unpaired) electrons. The van der Waals surface area contributed by atoms with Gasteiger partial charge in [-0.1, -0.05) is 18.5 Å². The Hall–Kier alpha value is -1.07. The van der Waals surface area contributed by atoms with Gasteiger partial charge in [0, 0.05) is 7.05 Å². The zero-order valence-corrected chi connectivity index (χ0v) is 10.4. The quantitative estimate of drug-likeness (QED) is 0.851. The molecule has 6 heteroatoms. The topological polar surface area (TPSA) is 58.4 Å². The fourth-order valence-corrected chi connectivity index (χ4v) is 1.73. The number of imidazole rings is 1. The molecule has 0 aliphatic heterocycles. The number of carboxylic acids is 1. The van der Waals surface area contributed by atoms with E-state index in [1.807, 2.05) is 6.92 Å². The molecule has 0 saturated carbocycles. The number of nitrogens with zero attached hydrogens (tertiary/aromatic N) is 3. The van der Waals surface area contributed by atoms with Crippen molar-refractivity contribution in [1.29, 1.82) is 0 Å². The highest BCUT2D eigenvalue weighted by Crippen LogP contribution is 2.12. The number of rotatable bonds is 5. The van der Waals surface area contributed by atoms with Gasteiger partial charge in [0.2, 0.25) is 0 Å². The Balaban J connectivity index is 2.73. The van der Waals surface area contributed by atoms with Gasteiger partial charge in [-0.3, -0.25) is 9.69 Å². The molecule has 0 amide bonds. The highest BCUT2D eigenvalue weighted by Gasteiger charge is 2.21. The Morgan fingerprint density at radius 2 is 2.38 bits per heavy atom. The molecule has 1 unspecified atom stereocenters. The Kier molecular flexibility index (Phi) is 4.32. The summed E-state index contributed by atoms with van der Waals surface area (Å²) >= 11 is 5.85. The van der Waals surface area contributed by atoms with Gasteiger partial charge in [0.05, 0.1) is 12.7 Å². The average Bonchev–Trinajstić information content (AvgIpc) is 2.50. The van der Waals surface area contributed by atoms with E-state index in [1.54, 1.807) is 29.8 Å². The maximum absolute atomic E-state index is 11.0. The van der Waals surface area contributed by atoms with Crippen LogP contribution in [0.3, 0.4) is 0 Å². The van der Waals surface area contributed by atoms with E-state index >= 15 is 0 Å². The van der Waals surface area contributed by atoms with Crippen LogP contribution in [0.1, 0.15) is 19.2 Å². The molecule has 0 aromatic carbocycles. The lowest BCUT2D eigenvalue weighted by Crippen LogP contribution is -2.37. The van der Waals surface area contributed by atoms with Gasteiger partial charge < -0.3 is 9.67 Å². The standard InChI is InChI=1S/C10H16ClN3O2/c1-4-7(10(15)16)13(2)6-9-12-5-8(11)14(9)3/h5,7H,4,6H2,1-3H3,(H,15,16). The van der Waals surface area contributed by atoms with E-state index in [4.69, 9.17) is 16.7 Å². The third-order valence-corrected chi connectivity index (χ3v) is 2.97. The lowest BCUT2D eigenvalue weighted by atomic mass is 10.2. The molecule has 1 N–H and O–H groups in total. The predicted octanol–water partition coefficient (Wildman–Crippen LogP) is 1.37. The molecule has 1 rings (SSSR count). The van der Waals surface area contributed by atoms with E-state index in [1.165, 1.54) is 0 Å². The average molecular weight is 246 g/mol. The first-order valence-electron chi connectivity index (χ1n) is 5.06. The van der Waals surface area contributed by atoms with Crippen molar-refractivity contribution in [2.24, 2.45) is 7.05 Å². The van der Waals surface area contributed by atoms with Crippen LogP contribution in [0.2, 0.25) is 5.15 Å². The third kappa shape index (κ3) is 2.74. The summed E-state index contributed by atoms with van der Waals surface area (Å²) in [6, 6.07) is -0.490. The Labute approximate surface area is 99.6 Å². The molecule has 0 fully saturated rings. The minimum absolute atomic E-state index is 0.466. The lowest BCUT2D eigenvalue weighted by Gasteiger charge is -2.22. The second kappa shape index (κ2) is 5.32. The number of likely N-dealkylation sites (N-methyl/N-ethyl adjacent to an activating group) is 1. The molecule has 0 spiro atoms. The van der Waals surface area contributed by atoms with E-state index < -0.39 is 12.0 Å². The number of aliphatic carboxylic acids is 1. The number of aromatic nitrogens is 2. The smallest absolute Gasteiger partial charge is 0.320 e. The molecule has 90 valence electrons. The van der Waals surface area contributed by atoms with Crippen LogP contribution in [0.25, 0.3) is 0 Å². The van der Waals surface area contributed by atoms with Crippen molar-refractivity contribution in [3.05, 3.63) is 17.2 Å². The van der Waals surface area contributed by atoms with Crippen LogP contribution in [-0.4, -0.2) is 38.6 Å². The summed E-state index contributed by atoms with van der Waals surface area (Å²) in [5.74, 6) is -0.0579. The SMILES string of the molecule is CCC(C(=O)O)N(C)Cc1ncc(Cl)n1C. The van der Waals surface area contributed by atoms with Gasteiger partial charge in [0.15, 0.2) is 0 Å². The molecule has 1 aromatic rings. The first-order valence-corrected chi connectivity index (χ1v) is 5.44. The predicted molar refractivity (Wildman–Crippen MR) is 61.4 cm³/mol. The van der Waals surface area contributed by atoms with Crippen LogP contribution in [0.4, 0.5) is 0 Å². The van der Waals surface area contributed by atoms with Crippen molar-refractivity contribution in [2.75, 3.05) is 7.05 Å². The summed E-state index contributed by atoms with van der Waals surface area (Å²) in [5, 5.41) is 9.55. The van der Waals surface area contributed by atoms with Crippen molar-refractivity contribution >= 4 is 17.6 Å². The van der Waals surface area contributed by atoms with Crippen molar-refractivity contribution in [3.63, 3.8) is 0 Å². The molecular formula is C10H16ClN3O2. The van der Waals surface area contributed by atoms with Crippen LogP contribution < -0.4 is 0 Å². The largest absolute Gasteiger partial charge is 0.480 e. The van der Waals surface area contributed by atoms with E-state index in [0.717, 1.165) is 5.82 Å². The number of carbonyl (C=O) groups is 1. The van der Waals surface area contributed by atoms with Crippen LogP contribution in [-0.2, 0) is 18.4 Å². The molecule has 0 aliphatic carbocycles. The van der Waals surface area contributed by atoms with E-state index in [-0.39, 0.29) is 0 Å². The summed E-state index contributed by atoms with van der Waals surface area (Å²) in [4.78, 5) is 16.8. The summed E-state index contributed by atoms with van der Waals surface area (Å²) in [6.07, 6.45) is 2.12. The molecular weight excluding hydrogens is 230 g/mol. The lowest BCUT2D eigenvalue weighted by molar-refractivity contribution is -0.143. The van der Waals surface area contributed by atoms with Crippen LogP contribution >= 0.6 is 11.6 Å². The van der Waals surface area contributed by atoms with E-state index in [2.05, 4.69) is 4.98 Å². The van der Waals surface area contributed by atoms with Gasteiger partial charge in [-0.05, 0) is 13.5 Å². The maximum Gasteiger partial charge on any atom is 0.320 e. The van der Waals surface area contributed by atoms with Gasteiger partial charge in [-0.25, -0.2) is 4.98 Å². The molecule has 0 aliphatic rings. The number of hydrogen-bond donors (Lipinski definition) is 1. The first kappa shape index (κ1) is 13.0. The Morgan fingerprint density at radius 1 is 1.75 bits per heavy atom. The van der Waals surface area contributed by atoms with Crippen LogP contribution in [0, 0.1) is 0 Å². The fraction of sp³-hybridized carbons (Fsp3) is 0.600. The minimum Gasteiger partial charge on any atom is -0.480 e. The minimum atomic E-state index is -0.815. The molecule has 0 bridgehead atoms. The highest BCUT2D eigenvalue weighted by molar-refractivity contribution is 6.29. The molecule has 1 atom stereocenters. The van der Waals surface area contributed by atoms with Gasteiger partial charge in [-0.2, -0.15) is 0 Å². The van der Waals surface area contributed by atoms with Crippen molar-refractivity contribution in [2.45, 2.75) is 25.9 Å². The third-order valence-electron chi connectivity index (χ3n) is 2.62. The van der Waals surface area contributed by atoms with E-state index in [0.29, 0.717) is 18.1 Å². The Bertz CT molecular complexity index is 378. The first-order chi connectivity index (χ1) is 7.47. The van der Waals surface area contributed by atoms with Gasteiger partial charge in [0.25, 0.3) is 0 Å². The monoisotopic (exact) mass is 245 g/mol. The van der Waals surface area contributed by atoms with Crippen LogP contribution in [0.5, 0.6) is 0 Å². The zero-order chi connectivity index (χ0) is 12.3. The van der Waals surface area contributed by atoms with E-state index in [9.17, 15) is 4.79 Å².